The third-order valence-corrected chi connectivity index (χ3v) is 5.77. The predicted octanol–water partition coefficient (Wildman–Crippen LogP) is 6.93. The molecule has 0 aliphatic heterocycles. The molecule has 172 valence electrons. The van der Waals surface area contributed by atoms with Crippen LogP contribution in [0, 0.1) is 0 Å². The molecule has 0 saturated heterocycles. The quantitative estimate of drug-likeness (QED) is 0.270. The second-order valence-corrected chi connectivity index (χ2v) is 8.23. The average molecular weight is 471 g/mol. The molecule has 1 N–H and O–H groups in total. The van der Waals surface area contributed by atoms with Crippen molar-refractivity contribution in [2.45, 2.75) is 13.8 Å². The first-order chi connectivity index (χ1) is 16.7. The molecule has 0 fully saturated rings. The number of benzene rings is 3. The zero-order chi connectivity index (χ0) is 23.8. The molecule has 0 atom stereocenters. The van der Waals surface area contributed by atoms with Gasteiger partial charge in [0.2, 0.25) is 5.91 Å². The Kier molecular flexibility index (Phi) is 7.73. The number of carbonyl (C=O) groups is 1. The fourth-order valence-electron chi connectivity index (χ4n) is 3.42. The first-order valence-electron chi connectivity index (χ1n) is 11.2. The molecule has 3 aromatic carbocycles. The van der Waals surface area contributed by atoms with Gasteiger partial charge in [0, 0.05) is 17.0 Å². The number of anilines is 1. The molecule has 5 nitrogen and oxygen atoms in total. The van der Waals surface area contributed by atoms with Gasteiger partial charge in [0.1, 0.15) is 0 Å². The minimum Gasteiger partial charge on any atom is -0.490 e. The van der Waals surface area contributed by atoms with Gasteiger partial charge < -0.3 is 9.47 Å². The third-order valence-electron chi connectivity index (χ3n) is 5.02. The summed E-state index contributed by atoms with van der Waals surface area (Å²) in [6, 6.07) is 24.1. The molecular formula is C28H26N2O3S. The first-order valence-corrected chi connectivity index (χ1v) is 12.0. The van der Waals surface area contributed by atoms with Crippen molar-refractivity contribution >= 4 is 28.5 Å². The maximum absolute atomic E-state index is 12.4. The molecule has 0 aliphatic rings. The van der Waals surface area contributed by atoms with E-state index < -0.39 is 0 Å². The van der Waals surface area contributed by atoms with Crippen LogP contribution in [0.25, 0.3) is 28.5 Å². The molecule has 4 aromatic rings. The van der Waals surface area contributed by atoms with Crippen LogP contribution in [0.15, 0.2) is 84.3 Å². The topological polar surface area (TPSA) is 60.5 Å². The van der Waals surface area contributed by atoms with E-state index in [1.807, 2.05) is 67.8 Å². The van der Waals surface area contributed by atoms with E-state index in [2.05, 4.69) is 34.6 Å². The normalized spacial score (nSPS) is 10.9. The lowest BCUT2D eigenvalue weighted by atomic mass is 10.0. The molecule has 1 aromatic heterocycles. The van der Waals surface area contributed by atoms with E-state index in [0.29, 0.717) is 29.8 Å². The molecule has 0 spiro atoms. The molecule has 0 saturated carbocycles. The van der Waals surface area contributed by atoms with Gasteiger partial charge in [-0.2, -0.15) is 0 Å². The van der Waals surface area contributed by atoms with Crippen LogP contribution in [0.4, 0.5) is 5.13 Å². The zero-order valence-electron chi connectivity index (χ0n) is 19.2. The summed E-state index contributed by atoms with van der Waals surface area (Å²) in [4.78, 5) is 17.0. The number of aromatic nitrogens is 1. The highest BCUT2D eigenvalue weighted by Crippen LogP contribution is 2.30. The van der Waals surface area contributed by atoms with Gasteiger partial charge in [-0.1, -0.05) is 60.7 Å². The number of amides is 1. The highest BCUT2D eigenvalue weighted by Gasteiger charge is 2.08. The van der Waals surface area contributed by atoms with E-state index in [1.54, 1.807) is 6.08 Å². The number of carbonyl (C=O) groups excluding carboxylic acids is 1. The summed E-state index contributed by atoms with van der Waals surface area (Å²) in [7, 11) is 0. The molecule has 6 heteroatoms. The summed E-state index contributed by atoms with van der Waals surface area (Å²) in [5, 5.41) is 5.33. The van der Waals surface area contributed by atoms with Crippen LogP contribution in [0.2, 0.25) is 0 Å². The van der Waals surface area contributed by atoms with E-state index in [9.17, 15) is 4.79 Å². The molecule has 34 heavy (non-hydrogen) atoms. The summed E-state index contributed by atoms with van der Waals surface area (Å²) in [6.07, 6.45) is 3.23. The van der Waals surface area contributed by atoms with Crippen LogP contribution in [-0.4, -0.2) is 24.1 Å². The Balaban J connectivity index is 1.40. The van der Waals surface area contributed by atoms with Crippen molar-refractivity contribution in [1.29, 1.82) is 0 Å². The van der Waals surface area contributed by atoms with Crippen LogP contribution in [-0.2, 0) is 4.79 Å². The zero-order valence-corrected chi connectivity index (χ0v) is 20.0. The van der Waals surface area contributed by atoms with Crippen molar-refractivity contribution in [2.24, 2.45) is 0 Å². The number of hydrogen-bond acceptors (Lipinski definition) is 5. The average Bonchev–Trinajstić information content (AvgIpc) is 3.33. The number of thiazole rings is 1. The monoisotopic (exact) mass is 470 g/mol. The number of nitrogens with zero attached hydrogens (tertiary/aromatic N) is 1. The summed E-state index contributed by atoms with van der Waals surface area (Å²) >= 11 is 1.40. The van der Waals surface area contributed by atoms with Crippen molar-refractivity contribution in [3.05, 3.63) is 89.8 Å². The van der Waals surface area contributed by atoms with Crippen molar-refractivity contribution in [3.8, 4) is 33.9 Å². The maximum Gasteiger partial charge on any atom is 0.250 e. The van der Waals surface area contributed by atoms with Crippen LogP contribution >= 0.6 is 11.3 Å². The highest BCUT2D eigenvalue weighted by molar-refractivity contribution is 7.14. The largest absolute Gasteiger partial charge is 0.490 e. The minimum atomic E-state index is -0.243. The Morgan fingerprint density at radius 1 is 0.882 bits per heavy atom. The molecule has 1 amide bonds. The fourth-order valence-corrected chi connectivity index (χ4v) is 4.14. The van der Waals surface area contributed by atoms with E-state index in [1.165, 1.54) is 23.0 Å². The second-order valence-electron chi connectivity index (χ2n) is 7.38. The summed E-state index contributed by atoms with van der Waals surface area (Å²) in [5.74, 6) is 1.11. The Bertz CT molecular complexity index is 1260. The van der Waals surface area contributed by atoms with Gasteiger partial charge in [-0.3, -0.25) is 10.1 Å². The number of hydrogen-bond donors (Lipinski definition) is 1. The van der Waals surface area contributed by atoms with Gasteiger partial charge in [-0.15, -0.1) is 11.3 Å². The smallest absolute Gasteiger partial charge is 0.250 e. The van der Waals surface area contributed by atoms with Crippen molar-refractivity contribution in [2.75, 3.05) is 18.5 Å². The summed E-state index contributed by atoms with van der Waals surface area (Å²) in [6.45, 7) is 4.95. The van der Waals surface area contributed by atoms with Gasteiger partial charge >= 0.3 is 0 Å². The molecule has 0 aliphatic carbocycles. The Morgan fingerprint density at radius 3 is 2.29 bits per heavy atom. The minimum absolute atomic E-state index is 0.243. The predicted molar refractivity (Wildman–Crippen MR) is 139 cm³/mol. The molecular weight excluding hydrogens is 444 g/mol. The van der Waals surface area contributed by atoms with Crippen LogP contribution in [0.1, 0.15) is 19.4 Å². The lowest BCUT2D eigenvalue weighted by Crippen LogP contribution is -2.07. The van der Waals surface area contributed by atoms with Gasteiger partial charge in [0.15, 0.2) is 16.6 Å². The van der Waals surface area contributed by atoms with E-state index in [4.69, 9.17) is 9.47 Å². The Morgan fingerprint density at radius 2 is 1.56 bits per heavy atom. The second kappa shape index (κ2) is 11.3. The van der Waals surface area contributed by atoms with Gasteiger partial charge in [0.05, 0.1) is 18.9 Å². The van der Waals surface area contributed by atoms with Crippen LogP contribution < -0.4 is 14.8 Å². The Labute approximate surface area is 203 Å². The van der Waals surface area contributed by atoms with Crippen LogP contribution in [0.5, 0.6) is 11.5 Å². The number of nitrogens with one attached hydrogen (secondary N) is 1. The summed E-state index contributed by atoms with van der Waals surface area (Å²) in [5.41, 5.74) is 5.01. The molecule has 0 bridgehead atoms. The van der Waals surface area contributed by atoms with Gasteiger partial charge in [-0.25, -0.2) is 4.98 Å². The molecule has 0 radical (unpaired) electrons. The maximum atomic E-state index is 12.4. The van der Waals surface area contributed by atoms with Crippen molar-refractivity contribution < 1.29 is 14.3 Å². The van der Waals surface area contributed by atoms with Crippen molar-refractivity contribution in [1.82, 2.24) is 4.98 Å². The van der Waals surface area contributed by atoms with E-state index in [0.717, 1.165) is 22.4 Å². The lowest BCUT2D eigenvalue weighted by Gasteiger charge is -2.11. The van der Waals surface area contributed by atoms with Crippen molar-refractivity contribution in [3.63, 3.8) is 0 Å². The Hall–Kier alpha value is -3.90. The van der Waals surface area contributed by atoms with Crippen LogP contribution in [0.3, 0.4) is 0 Å². The first kappa shape index (κ1) is 23.3. The molecule has 1 heterocycles. The third kappa shape index (κ3) is 5.91. The fraction of sp³-hybridized carbons (Fsp3) is 0.143. The van der Waals surface area contributed by atoms with E-state index >= 15 is 0 Å². The lowest BCUT2D eigenvalue weighted by molar-refractivity contribution is -0.111. The number of rotatable bonds is 9. The standard InChI is InChI=1S/C28H26N2O3S/c1-3-32-25-16-10-20(18-26(25)33-4-2)11-17-27(31)30-28-29-24(19-34-28)23-14-12-22(13-15-23)21-8-6-5-7-9-21/h5-19H,3-4H2,1-2H3,(H,29,30,31)/b17-11+. The summed E-state index contributed by atoms with van der Waals surface area (Å²) < 4.78 is 11.2. The highest BCUT2D eigenvalue weighted by atomic mass is 32.1. The SMILES string of the molecule is CCOc1ccc(/C=C/C(=O)Nc2nc(-c3ccc(-c4ccccc4)cc3)cs2)cc1OCC. The molecule has 0 unspecified atom stereocenters. The molecule has 4 rings (SSSR count). The van der Waals surface area contributed by atoms with E-state index in [-0.39, 0.29) is 5.91 Å². The number of ether oxygens (including phenoxy) is 2. The van der Waals surface area contributed by atoms with Gasteiger partial charge in [-0.05, 0) is 48.7 Å². The van der Waals surface area contributed by atoms with Gasteiger partial charge in [0.25, 0.3) is 0 Å².